The predicted molar refractivity (Wildman–Crippen MR) is 108 cm³/mol. The summed E-state index contributed by atoms with van der Waals surface area (Å²) in [6.07, 6.45) is 1.97. The summed E-state index contributed by atoms with van der Waals surface area (Å²) < 4.78 is 61.6. The molecule has 3 aromatic carbocycles. The topological polar surface area (TPSA) is 9.23 Å². The van der Waals surface area contributed by atoms with Gasteiger partial charge in [0.05, 0.1) is 6.10 Å². The number of rotatable bonds is 4. The average molecular weight is 414 g/mol. The minimum absolute atomic E-state index is 0.0576. The molecule has 2 unspecified atom stereocenters. The highest BCUT2D eigenvalue weighted by Crippen LogP contribution is 2.32. The van der Waals surface area contributed by atoms with Crippen LogP contribution in [0, 0.1) is 29.2 Å². The third-order valence-electron chi connectivity index (χ3n) is 5.63. The van der Waals surface area contributed by atoms with Gasteiger partial charge in [0.2, 0.25) is 0 Å². The fraction of sp³-hybridized carbons (Fsp3) is 0.280. The number of hydrogen-bond acceptors (Lipinski definition) is 1. The Morgan fingerprint density at radius 2 is 1.47 bits per heavy atom. The van der Waals surface area contributed by atoms with Gasteiger partial charge in [-0.1, -0.05) is 37.3 Å². The summed E-state index contributed by atoms with van der Waals surface area (Å²) in [5, 5.41) is 0. The first-order chi connectivity index (χ1) is 14.4. The first-order valence-corrected chi connectivity index (χ1v) is 10.0. The van der Waals surface area contributed by atoms with Crippen LogP contribution >= 0.6 is 0 Å². The van der Waals surface area contributed by atoms with Crippen LogP contribution in [0.5, 0.6) is 0 Å². The normalized spacial score (nSPS) is 19.1. The van der Waals surface area contributed by atoms with Crippen molar-refractivity contribution in [3.8, 4) is 11.1 Å². The number of hydrogen-bond donors (Lipinski definition) is 0. The second-order valence-electron chi connectivity index (χ2n) is 7.97. The van der Waals surface area contributed by atoms with Crippen LogP contribution in [-0.4, -0.2) is 6.61 Å². The zero-order valence-electron chi connectivity index (χ0n) is 16.6. The molecule has 1 fully saturated rings. The van der Waals surface area contributed by atoms with Crippen LogP contribution in [0.3, 0.4) is 0 Å². The van der Waals surface area contributed by atoms with Gasteiger partial charge >= 0.3 is 0 Å². The summed E-state index contributed by atoms with van der Waals surface area (Å²) in [4.78, 5) is 0. The summed E-state index contributed by atoms with van der Waals surface area (Å²) >= 11 is 0. The number of ether oxygens (including phenoxy) is 1. The van der Waals surface area contributed by atoms with Gasteiger partial charge in [0.25, 0.3) is 0 Å². The molecule has 0 radical (unpaired) electrons. The van der Waals surface area contributed by atoms with Crippen LogP contribution < -0.4 is 0 Å². The largest absolute Gasteiger partial charge is 0.373 e. The molecule has 4 rings (SSSR count). The van der Waals surface area contributed by atoms with E-state index >= 15 is 0 Å². The zero-order chi connectivity index (χ0) is 21.3. The molecule has 156 valence electrons. The third kappa shape index (κ3) is 4.41. The molecule has 1 heterocycles. The van der Waals surface area contributed by atoms with E-state index in [1.54, 1.807) is 0 Å². The molecule has 1 nitrogen and oxygen atoms in total. The SMILES string of the molecule is CC1CCC(c2ccc(-c3cc(F)c(Cc4ccc(F)c(F)c4)c(F)c3)cc2)OC1. The van der Waals surface area contributed by atoms with Gasteiger partial charge in [0.15, 0.2) is 11.6 Å². The van der Waals surface area contributed by atoms with Crippen molar-refractivity contribution >= 4 is 0 Å². The Kier molecular flexibility index (Phi) is 5.91. The van der Waals surface area contributed by atoms with Crippen molar-refractivity contribution < 1.29 is 22.3 Å². The van der Waals surface area contributed by atoms with E-state index in [0.717, 1.165) is 37.1 Å². The molecular weight excluding hydrogens is 392 g/mol. The van der Waals surface area contributed by atoms with Gasteiger partial charge in [-0.15, -0.1) is 0 Å². The van der Waals surface area contributed by atoms with Crippen LogP contribution in [0.15, 0.2) is 54.6 Å². The Morgan fingerprint density at radius 1 is 0.767 bits per heavy atom. The highest BCUT2D eigenvalue weighted by atomic mass is 19.2. The fourth-order valence-electron chi connectivity index (χ4n) is 3.83. The Morgan fingerprint density at radius 3 is 2.07 bits per heavy atom. The van der Waals surface area contributed by atoms with E-state index in [1.165, 1.54) is 18.2 Å². The van der Waals surface area contributed by atoms with Crippen molar-refractivity contribution in [2.75, 3.05) is 6.61 Å². The van der Waals surface area contributed by atoms with Gasteiger partial charge < -0.3 is 4.74 Å². The third-order valence-corrected chi connectivity index (χ3v) is 5.63. The van der Waals surface area contributed by atoms with E-state index in [4.69, 9.17) is 4.74 Å². The molecule has 3 aromatic rings. The molecule has 30 heavy (non-hydrogen) atoms. The van der Waals surface area contributed by atoms with Crippen molar-refractivity contribution in [2.24, 2.45) is 5.92 Å². The van der Waals surface area contributed by atoms with Crippen LogP contribution in [0.4, 0.5) is 17.6 Å². The van der Waals surface area contributed by atoms with Crippen LogP contribution in [0.25, 0.3) is 11.1 Å². The molecule has 0 aliphatic carbocycles. The molecule has 1 aliphatic rings. The molecule has 0 spiro atoms. The smallest absolute Gasteiger partial charge is 0.159 e. The maximum atomic E-state index is 14.6. The molecule has 2 atom stereocenters. The molecule has 0 amide bonds. The summed E-state index contributed by atoms with van der Waals surface area (Å²) in [5.41, 5.74) is 2.29. The lowest BCUT2D eigenvalue weighted by molar-refractivity contribution is -0.0123. The molecule has 1 saturated heterocycles. The van der Waals surface area contributed by atoms with Gasteiger partial charge in [-0.25, -0.2) is 17.6 Å². The van der Waals surface area contributed by atoms with E-state index in [1.807, 2.05) is 24.3 Å². The van der Waals surface area contributed by atoms with Gasteiger partial charge in [0, 0.05) is 18.6 Å². The first kappa shape index (κ1) is 20.6. The van der Waals surface area contributed by atoms with Crippen LogP contribution in [0.2, 0.25) is 0 Å². The van der Waals surface area contributed by atoms with Gasteiger partial charge in [0.1, 0.15) is 11.6 Å². The van der Waals surface area contributed by atoms with Gasteiger partial charge in [-0.05, 0) is 65.3 Å². The Hall–Kier alpha value is -2.66. The molecule has 0 bridgehead atoms. The molecular formula is C25H22F4O. The lowest BCUT2D eigenvalue weighted by Gasteiger charge is -2.27. The summed E-state index contributed by atoms with van der Waals surface area (Å²) in [6, 6.07) is 13.3. The zero-order valence-corrected chi connectivity index (χ0v) is 16.6. The van der Waals surface area contributed by atoms with Crippen molar-refractivity contribution in [2.45, 2.75) is 32.3 Å². The molecule has 0 N–H and O–H groups in total. The van der Waals surface area contributed by atoms with E-state index in [0.29, 0.717) is 22.6 Å². The predicted octanol–water partition coefficient (Wildman–Crippen LogP) is 6.99. The lowest BCUT2D eigenvalue weighted by Crippen LogP contribution is -2.18. The van der Waals surface area contributed by atoms with Gasteiger partial charge in [-0.3, -0.25) is 0 Å². The minimum Gasteiger partial charge on any atom is -0.373 e. The van der Waals surface area contributed by atoms with Crippen LogP contribution in [0.1, 0.15) is 42.6 Å². The second kappa shape index (κ2) is 8.60. The minimum atomic E-state index is -1.04. The van der Waals surface area contributed by atoms with Crippen molar-refractivity contribution in [1.82, 2.24) is 0 Å². The van der Waals surface area contributed by atoms with Crippen LogP contribution in [-0.2, 0) is 11.2 Å². The average Bonchev–Trinajstić information content (AvgIpc) is 2.74. The maximum absolute atomic E-state index is 14.6. The van der Waals surface area contributed by atoms with Crippen molar-refractivity contribution in [3.05, 3.63) is 94.6 Å². The monoisotopic (exact) mass is 414 g/mol. The summed E-state index contributed by atoms with van der Waals surface area (Å²) in [6.45, 7) is 2.90. The standard InChI is InChI=1S/C25H22F4O/c1-15-2-9-25(30-14-15)18-6-4-17(5-7-18)19-12-22(27)20(23(28)13-19)10-16-3-8-21(26)24(29)11-16/h3-8,11-13,15,25H,2,9-10,14H2,1H3. The first-order valence-electron chi connectivity index (χ1n) is 10.0. The molecule has 1 aliphatic heterocycles. The highest BCUT2D eigenvalue weighted by Gasteiger charge is 2.20. The summed E-state index contributed by atoms with van der Waals surface area (Å²) in [7, 11) is 0. The fourth-order valence-corrected chi connectivity index (χ4v) is 3.83. The van der Waals surface area contributed by atoms with Crippen molar-refractivity contribution in [3.63, 3.8) is 0 Å². The Bertz CT molecular complexity index is 1010. The van der Waals surface area contributed by atoms with Crippen molar-refractivity contribution in [1.29, 1.82) is 0 Å². The molecule has 0 aromatic heterocycles. The number of benzene rings is 3. The highest BCUT2D eigenvalue weighted by molar-refractivity contribution is 5.64. The van der Waals surface area contributed by atoms with Gasteiger partial charge in [-0.2, -0.15) is 0 Å². The molecule has 0 saturated carbocycles. The maximum Gasteiger partial charge on any atom is 0.159 e. The van der Waals surface area contributed by atoms with E-state index < -0.39 is 23.3 Å². The second-order valence-corrected chi connectivity index (χ2v) is 7.97. The van der Waals surface area contributed by atoms with E-state index in [2.05, 4.69) is 6.92 Å². The Labute approximate surface area is 173 Å². The molecule has 5 heteroatoms. The van der Waals surface area contributed by atoms with E-state index in [9.17, 15) is 17.6 Å². The van der Waals surface area contributed by atoms with E-state index in [-0.39, 0.29) is 18.1 Å². The quantitative estimate of drug-likeness (QED) is 0.418. The lowest BCUT2D eigenvalue weighted by atomic mass is 9.94. The Balaban J connectivity index is 1.54. The summed E-state index contributed by atoms with van der Waals surface area (Å²) in [5.74, 6) is -2.91. The number of halogens is 4.